The second-order valence-electron chi connectivity index (χ2n) is 6.95. The van der Waals surface area contributed by atoms with E-state index in [0.717, 1.165) is 23.5 Å². The van der Waals surface area contributed by atoms with Gasteiger partial charge in [0.1, 0.15) is 27.2 Å². The van der Waals surface area contributed by atoms with Crippen LogP contribution in [0.1, 0.15) is 45.1 Å². The number of aryl methyl sites for hydroxylation is 2. The van der Waals surface area contributed by atoms with E-state index in [9.17, 15) is 22.0 Å². The second-order valence-corrected chi connectivity index (χ2v) is 9.79. The number of rotatable bonds is 5. The van der Waals surface area contributed by atoms with Crippen LogP contribution in [0, 0.1) is 25.5 Å². The van der Waals surface area contributed by atoms with Gasteiger partial charge in [-0.3, -0.25) is 4.79 Å². The van der Waals surface area contributed by atoms with Gasteiger partial charge >= 0.3 is 0 Å². The molecule has 4 rings (SSSR count). The van der Waals surface area contributed by atoms with Crippen molar-refractivity contribution in [2.24, 2.45) is 0 Å². The summed E-state index contributed by atoms with van der Waals surface area (Å²) in [5.41, 5.74) is 0.0634. The maximum atomic E-state index is 13.8. The molecule has 1 atom stereocenters. The fraction of sp³-hybridized carbons (Fsp3) is 0.333. The van der Waals surface area contributed by atoms with Gasteiger partial charge in [0.2, 0.25) is 15.0 Å². The van der Waals surface area contributed by atoms with E-state index >= 15 is 0 Å². The molecule has 3 aromatic rings. The first-order valence-corrected chi connectivity index (χ1v) is 11.5. The molecule has 9 nitrogen and oxygen atoms in total. The van der Waals surface area contributed by atoms with Crippen molar-refractivity contribution in [3.63, 3.8) is 0 Å². The van der Waals surface area contributed by atoms with Crippen LogP contribution in [0.4, 0.5) is 14.5 Å². The van der Waals surface area contributed by atoms with E-state index in [-0.39, 0.29) is 33.6 Å². The number of hydrogen-bond donors (Lipinski definition) is 1. The fourth-order valence-corrected chi connectivity index (χ4v) is 6.37. The zero-order valence-corrected chi connectivity index (χ0v) is 18.1. The summed E-state index contributed by atoms with van der Waals surface area (Å²) in [7, 11) is -3.89. The first kappa shape index (κ1) is 21.5. The molecule has 1 aliphatic heterocycles. The molecule has 2 aromatic heterocycles. The van der Waals surface area contributed by atoms with Gasteiger partial charge in [0.05, 0.1) is 11.7 Å². The second kappa shape index (κ2) is 8.05. The van der Waals surface area contributed by atoms with E-state index in [1.165, 1.54) is 11.2 Å². The molecule has 31 heavy (non-hydrogen) atoms. The highest BCUT2D eigenvalue weighted by atomic mass is 32.2. The summed E-state index contributed by atoms with van der Waals surface area (Å²) in [6.07, 6.45) is 1.11. The molecule has 0 bridgehead atoms. The number of sulfonamides is 1. The number of carbonyl (C=O) groups is 1. The van der Waals surface area contributed by atoms with E-state index in [1.54, 1.807) is 6.92 Å². The quantitative estimate of drug-likeness (QED) is 0.610. The third-order valence-electron chi connectivity index (χ3n) is 4.84. The Morgan fingerprint density at radius 3 is 2.74 bits per heavy atom. The maximum absolute atomic E-state index is 13.8. The van der Waals surface area contributed by atoms with E-state index in [2.05, 4.69) is 20.7 Å². The summed E-state index contributed by atoms with van der Waals surface area (Å²) < 4.78 is 59.5. The molecule has 13 heteroatoms. The molecule has 164 valence electrons. The van der Waals surface area contributed by atoms with Crippen molar-refractivity contribution < 1.29 is 26.5 Å². The summed E-state index contributed by atoms with van der Waals surface area (Å²) in [6.45, 7) is 3.36. The van der Waals surface area contributed by atoms with E-state index in [4.69, 9.17) is 4.52 Å². The average molecular weight is 469 g/mol. The number of halogens is 2. The van der Waals surface area contributed by atoms with E-state index in [1.807, 2.05) is 0 Å². The predicted octanol–water partition coefficient (Wildman–Crippen LogP) is 3.20. The average Bonchev–Trinajstić information content (AvgIpc) is 3.43. The van der Waals surface area contributed by atoms with Crippen LogP contribution in [0.5, 0.6) is 0 Å². The lowest BCUT2D eigenvalue weighted by atomic mass is 10.2. The van der Waals surface area contributed by atoms with Gasteiger partial charge in [-0.25, -0.2) is 17.2 Å². The molecule has 1 fully saturated rings. The molecule has 0 saturated carbocycles. The van der Waals surface area contributed by atoms with Crippen LogP contribution in [0.15, 0.2) is 27.6 Å². The van der Waals surface area contributed by atoms with Crippen LogP contribution >= 0.6 is 11.3 Å². The minimum atomic E-state index is -3.89. The Labute approximate surface area is 180 Å². The van der Waals surface area contributed by atoms with Gasteiger partial charge in [0.15, 0.2) is 5.76 Å². The number of amides is 1. The SMILES string of the molecule is Cc1noc(C)c1S(=O)(=O)N1CCC[C@@H]1c1nnc(C(=O)Nc2ccc(F)cc2F)s1. The van der Waals surface area contributed by atoms with Crippen molar-refractivity contribution in [3.05, 3.63) is 51.3 Å². The lowest BCUT2D eigenvalue weighted by Gasteiger charge is -2.21. The summed E-state index contributed by atoms with van der Waals surface area (Å²) in [5.74, 6) is -2.23. The fourth-order valence-electron chi connectivity index (χ4n) is 3.46. The Hall–Kier alpha value is -2.77. The molecule has 0 unspecified atom stereocenters. The van der Waals surface area contributed by atoms with Gasteiger partial charge in [0.25, 0.3) is 5.91 Å². The summed E-state index contributed by atoms with van der Waals surface area (Å²) in [5, 5.41) is 14.1. The Balaban J connectivity index is 1.57. The zero-order chi connectivity index (χ0) is 22.3. The van der Waals surface area contributed by atoms with Gasteiger partial charge in [-0.2, -0.15) is 4.31 Å². The van der Waals surface area contributed by atoms with Gasteiger partial charge in [-0.15, -0.1) is 10.2 Å². The van der Waals surface area contributed by atoms with Crippen molar-refractivity contribution in [2.75, 3.05) is 11.9 Å². The number of carbonyl (C=O) groups excluding carboxylic acids is 1. The Kier molecular flexibility index (Phi) is 5.58. The molecule has 3 heterocycles. The summed E-state index contributed by atoms with van der Waals surface area (Å²) in [6, 6.07) is 2.16. The predicted molar refractivity (Wildman–Crippen MR) is 106 cm³/mol. The lowest BCUT2D eigenvalue weighted by Crippen LogP contribution is -2.31. The first-order chi connectivity index (χ1) is 14.7. The van der Waals surface area contributed by atoms with E-state index in [0.29, 0.717) is 23.9 Å². The van der Waals surface area contributed by atoms with Crippen molar-refractivity contribution in [1.82, 2.24) is 19.7 Å². The molecule has 1 aromatic carbocycles. The molecular weight excluding hydrogens is 452 g/mol. The summed E-state index contributed by atoms with van der Waals surface area (Å²) >= 11 is 0.916. The standard InChI is InChI=1S/C18H17F2N5O4S2/c1-9-15(10(2)29-24-9)31(27,28)25-7-3-4-14(25)17-22-23-18(30-17)16(26)21-13-6-5-11(19)8-12(13)20/h5-6,8,14H,3-4,7H2,1-2H3,(H,21,26)/t14-/m1/s1. The molecule has 1 saturated heterocycles. The number of anilines is 1. The molecule has 0 aliphatic carbocycles. The number of aromatic nitrogens is 3. The number of benzene rings is 1. The maximum Gasteiger partial charge on any atom is 0.286 e. The van der Waals surface area contributed by atoms with Crippen molar-refractivity contribution >= 4 is 33.0 Å². The van der Waals surface area contributed by atoms with Crippen molar-refractivity contribution in [3.8, 4) is 0 Å². The van der Waals surface area contributed by atoms with Crippen LogP contribution in [0.3, 0.4) is 0 Å². The number of nitrogens with one attached hydrogen (secondary N) is 1. The Bertz CT molecular complexity index is 1240. The highest BCUT2D eigenvalue weighted by Crippen LogP contribution is 2.39. The largest absolute Gasteiger partial charge is 0.360 e. The van der Waals surface area contributed by atoms with Crippen molar-refractivity contribution in [2.45, 2.75) is 37.6 Å². The van der Waals surface area contributed by atoms with Gasteiger partial charge in [0, 0.05) is 12.6 Å². The molecule has 0 spiro atoms. The Morgan fingerprint density at radius 2 is 2.06 bits per heavy atom. The highest BCUT2D eigenvalue weighted by Gasteiger charge is 2.41. The Morgan fingerprint density at radius 1 is 1.29 bits per heavy atom. The molecule has 1 amide bonds. The zero-order valence-electron chi connectivity index (χ0n) is 16.4. The van der Waals surface area contributed by atoms with Gasteiger partial charge in [-0.1, -0.05) is 16.5 Å². The number of hydrogen-bond acceptors (Lipinski definition) is 8. The smallest absolute Gasteiger partial charge is 0.286 e. The molecule has 0 radical (unpaired) electrons. The van der Waals surface area contributed by atoms with Crippen LogP contribution in [-0.4, -0.2) is 40.5 Å². The summed E-state index contributed by atoms with van der Waals surface area (Å²) in [4.78, 5) is 12.4. The third kappa shape index (κ3) is 3.95. The van der Waals surface area contributed by atoms with Gasteiger partial charge in [-0.05, 0) is 38.8 Å². The topological polar surface area (TPSA) is 118 Å². The first-order valence-electron chi connectivity index (χ1n) is 9.23. The molecular formula is C18H17F2N5O4S2. The molecule has 1 aliphatic rings. The minimum absolute atomic E-state index is 0.0219. The normalized spacial score (nSPS) is 17.2. The monoisotopic (exact) mass is 469 g/mol. The van der Waals surface area contributed by atoms with Gasteiger partial charge < -0.3 is 9.84 Å². The molecule has 1 N–H and O–H groups in total. The minimum Gasteiger partial charge on any atom is -0.360 e. The highest BCUT2D eigenvalue weighted by molar-refractivity contribution is 7.89. The van der Waals surface area contributed by atoms with Crippen molar-refractivity contribution in [1.29, 1.82) is 0 Å². The van der Waals surface area contributed by atoms with Crippen LogP contribution in [0.25, 0.3) is 0 Å². The van der Waals surface area contributed by atoms with E-state index < -0.39 is 33.6 Å². The van der Waals surface area contributed by atoms with Crippen LogP contribution in [0.2, 0.25) is 0 Å². The third-order valence-corrected chi connectivity index (χ3v) is 8.01. The number of nitrogens with zero attached hydrogens (tertiary/aromatic N) is 4. The van der Waals surface area contributed by atoms with Crippen LogP contribution < -0.4 is 5.32 Å². The lowest BCUT2D eigenvalue weighted by molar-refractivity contribution is 0.102. The van der Waals surface area contributed by atoms with Crippen LogP contribution in [-0.2, 0) is 10.0 Å².